The highest BCUT2D eigenvalue weighted by molar-refractivity contribution is 9.10. The van der Waals surface area contributed by atoms with E-state index in [1.807, 2.05) is 32.0 Å². The summed E-state index contributed by atoms with van der Waals surface area (Å²) in [6.07, 6.45) is 0. The second kappa shape index (κ2) is 8.80. The van der Waals surface area contributed by atoms with E-state index >= 15 is 0 Å². The second-order valence-electron chi connectivity index (χ2n) is 6.68. The van der Waals surface area contributed by atoms with Gasteiger partial charge in [-0.25, -0.2) is 8.42 Å². The number of carbonyl (C=O) groups excluding carboxylic acids is 1. The molecule has 0 fully saturated rings. The minimum absolute atomic E-state index is 0.133. The van der Waals surface area contributed by atoms with Gasteiger partial charge in [0.05, 0.1) is 10.6 Å². The first-order valence-corrected chi connectivity index (χ1v) is 11.2. The van der Waals surface area contributed by atoms with Crippen molar-refractivity contribution in [2.75, 3.05) is 16.2 Å². The van der Waals surface area contributed by atoms with E-state index in [4.69, 9.17) is 0 Å². The molecule has 3 aromatic carbocycles. The molecule has 0 unspecified atom stereocenters. The number of carbonyl (C=O) groups is 1. The molecule has 0 spiro atoms. The standard InChI is InChI=1S/C22H21BrN2O3S/c1-16-7-6-8-19(13-16)25(29(27,28)20-9-4-3-5-10-20)15-22(26)24-18-11-12-21(23)17(2)14-18/h3-14H,15H2,1-2H3,(H,24,26). The van der Waals surface area contributed by atoms with Crippen LogP contribution >= 0.6 is 15.9 Å². The first kappa shape index (κ1) is 21.1. The van der Waals surface area contributed by atoms with Crippen LogP contribution in [0.25, 0.3) is 0 Å². The van der Waals surface area contributed by atoms with E-state index in [0.717, 1.165) is 19.9 Å². The first-order chi connectivity index (χ1) is 13.8. The number of nitrogens with one attached hydrogen (secondary N) is 1. The van der Waals surface area contributed by atoms with E-state index < -0.39 is 15.9 Å². The Morgan fingerprint density at radius 2 is 1.69 bits per heavy atom. The van der Waals surface area contributed by atoms with Crippen molar-refractivity contribution in [1.29, 1.82) is 0 Å². The van der Waals surface area contributed by atoms with Gasteiger partial charge in [-0.2, -0.15) is 0 Å². The van der Waals surface area contributed by atoms with Gasteiger partial charge in [0.25, 0.3) is 10.0 Å². The fraction of sp³-hybridized carbons (Fsp3) is 0.136. The highest BCUT2D eigenvalue weighted by Crippen LogP contribution is 2.25. The van der Waals surface area contributed by atoms with E-state index in [1.165, 1.54) is 12.1 Å². The molecule has 7 heteroatoms. The molecule has 1 N–H and O–H groups in total. The highest BCUT2D eigenvalue weighted by atomic mass is 79.9. The van der Waals surface area contributed by atoms with Crippen LogP contribution in [0.3, 0.4) is 0 Å². The maximum atomic E-state index is 13.3. The van der Waals surface area contributed by atoms with Crippen LogP contribution in [0.4, 0.5) is 11.4 Å². The van der Waals surface area contributed by atoms with Gasteiger partial charge in [0.1, 0.15) is 6.54 Å². The van der Waals surface area contributed by atoms with Crippen molar-refractivity contribution < 1.29 is 13.2 Å². The van der Waals surface area contributed by atoms with Crippen LogP contribution in [0.2, 0.25) is 0 Å². The van der Waals surface area contributed by atoms with Crippen molar-refractivity contribution in [1.82, 2.24) is 0 Å². The zero-order valence-electron chi connectivity index (χ0n) is 16.1. The largest absolute Gasteiger partial charge is 0.325 e. The third-order valence-corrected chi connectivity index (χ3v) is 7.03. The number of anilines is 2. The molecule has 3 rings (SSSR count). The number of hydrogen-bond donors (Lipinski definition) is 1. The summed E-state index contributed by atoms with van der Waals surface area (Å²) in [4.78, 5) is 12.9. The Bertz CT molecular complexity index is 1130. The lowest BCUT2D eigenvalue weighted by Crippen LogP contribution is -2.38. The number of sulfonamides is 1. The molecule has 3 aromatic rings. The Morgan fingerprint density at radius 3 is 2.34 bits per heavy atom. The fourth-order valence-electron chi connectivity index (χ4n) is 2.87. The maximum Gasteiger partial charge on any atom is 0.264 e. The molecular weight excluding hydrogens is 452 g/mol. The third kappa shape index (κ3) is 5.05. The lowest BCUT2D eigenvalue weighted by atomic mass is 10.2. The number of amides is 1. The lowest BCUT2D eigenvalue weighted by molar-refractivity contribution is -0.114. The van der Waals surface area contributed by atoms with Crippen molar-refractivity contribution >= 4 is 43.2 Å². The average molecular weight is 473 g/mol. The van der Waals surface area contributed by atoms with Gasteiger partial charge in [0.15, 0.2) is 0 Å². The Hall–Kier alpha value is -2.64. The van der Waals surface area contributed by atoms with E-state index in [0.29, 0.717) is 11.4 Å². The fourth-order valence-corrected chi connectivity index (χ4v) is 4.55. The topological polar surface area (TPSA) is 66.5 Å². The SMILES string of the molecule is Cc1cccc(N(CC(=O)Nc2ccc(Br)c(C)c2)S(=O)(=O)c2ccccc2)c1. The molecule has 0 heterocycles. The molecule has 0 radical (unpaired) electrons. The first-order valence-electron chi connectivity index (χ1n) is 8.98. The predicted octanol–water partition coefficient (Wildman–Crippen LogP) is 4.90. The molecule has 1 amide bonds. The molecule has 0 aromatic heterocycles. The Labute approximate surface area is 179 Å². The van der Waals surface area contributed by atoms with E-state index in [-0.39, 0.29) is 11.4 Å². The van der Waals surface area contributed by atoms with Crippen LogP contribution in [0.15, 0.2) is 82.2 Å². The maximum absolute atomic E-state index is 13.3. The van der Waals surface area contributed by atoms with Crippen LogP contribution in [0, 0.1) is 13.8 Å². The molecule has 150 valence electrons. The van der Waals surface area contributed by atoms with Crippen LogP contribution in [0.1, 0.15) is 11.1 Å². The third-order valence-electron chi connectivity index (χ3n) is 4.35. The number of hydrogen-bond acceptors (Lipinski definition) is 3. The molecule has 5 nitrogen and oxygen atoms in total. The summed E-state index contributed by atoms with van der Waals surface area (Å²) in [7, 11) is -3.91. The molecule has 0 aliphatic heterocycles. The number of nitrogens with zero attached hydrogens (tertiary/aromatic N) is 1. The summed E-state index contributed by atoms with van der Waals surface area (Å²) >= 11 is 3.42. The molecule has 0 aliphatic rings. The molecule has 0 aliphatic carbocycles. The van der Waals surface area contributed by atoms with Crippen molar-refractivity contribution in [3.8, 4) is 0 Å². The minimum atomic E-state index is -3.91. The second-order valence-corrected chi connectivity index (χ2v) is 9.39. The summed E-state index contributed by atoms with van der Waals surface area (Å²) < 4.78 is 28.6. The van der Waals surface area contributed by atoms with Crippen molar-refractivity contribution in [3.05, 3.63) is 88.4 Å². The van der Waals surface area contributed by atoms with Crippen molar-refractivity contribution in [3.63, 3.8) is 0 Å². The van der Waals surface area contributed by atoms with Crippen molar-refractivity contribution in [2.24, 2.45) is 0 Å². The minimum Gasteiger partial charge on any atom is -0.325 e. The van der Waals surface area contributed by atoms with Crippen molar-refractivity contribution in [2.45, 2.75) is 18.7 Å². The molecule has 0 bridgehead atoms. The normalized spacial score (nSPS) is 11.1. The summed E-state index contributed by atoms with van der Waals surface area (Å²) in [5.74, 6) is -0.423. The van der Waals surface area contributed by atoms with E-state index in [2.05, 4.69) is 21.2 Å². The van der Waals surface area contributed by atoms with Gasteiger partial charge in [0.2, 0.25) is 5.91 Å². The summed E-state index contributed by atoms with van der Waals surface area (Å²) in [6, 6.07) is 20.6. The van der Waals surface area contributed by atoms with Gasteiger partial charge in [0, 0.05) is 10.2 Å². The van der Waals surface area contributed by atoms with Gasteiger partial charge in [-0.3, -0.25) is 9.10 Å². The number of halogens is 1. The average Bonchev–Trinajstić information content (AvgIpc) is 2.69. The van der Waals surface area contributed by atoms with E-state index in [1.54, 1.807) is 42.5 Å². The molecular formula is C22H21BrN2O3S. The lowest BCUT2D eigenvalue weighted by Gasteiger charge is -2.24. The Balaban J connectivity index is 1.93. The number of benzene rings is 3. The van der Waals surface area contributed by atoms with Gasteiger partial charge < -0.3 is 5.32 Å². The summed E-state index contributed by atoms with van der Waals surface area (Å²) in [6.45, 7) is 3.45. The molecule has 0 atom stereocenters. The van der Waals surface area contributed by atoms with Gasteiger partial charge in [-0.15, -0.1) is 0 Å². The Morgan fingerprint density at radius 1 is 0.966 bits per heavy atom. The summed E-state index contributed by atoms with van der Waals surface area (Å²) in [5, 5.41) is 2.78. The van der Waals surface area contributed by atoms with Crippen LogP contribution in [-0.4, -0.2) is 20.9 Å². The predicted molar refractivity (Wildman–Crippen MR) is 120 cm³/mol. The van der Waals surface area contributed by atoms with Gasteiger partial charge >= 0.3 is 0 Å². The zero-order chi connectivity index (χ0) is 21.0. The molecule has 29 heavy (non-hydrogen) atoms. The van der Waals surface area contributed by atoms with Crippen LogP contribution < -0.4 is 9.62 Å². The Kier molecular flexibility index (Phi) is 6.39. The highest BCUT2D eigenvalue weighted by Gasteiger charge is 2.27. The van der Waals surface area contributed by atoms with Gasteiger partial charge in [-0.05, 0) is 67.4 Å². The zero-order valence-corrected chi connectivity index (χ0v) is 18.5. The molecule has 0 saturated carbocycles. The van der Waals surface area contributed by atoms with Gasteiger partial charge in [-0.1, -0.05) is 46.3 Å². The number of aryl methyl sites for hydroxylation is 2. The van der Waals surface area contributed by atoms with Crippen LogP contribution in [-0.2, 0) is 14.8 Å². The number of rotatable bonds is 6. The summed E-state index contributed by atoms with van der Waals surface area (Å²) in [5.41, 5.74) is 2.92. The van der Waals surface area contributed by atoms with E-state index in [9.17, 15) is 13.2 Å². The van der Waals surface area contributed by atoms with Crippen LogP contribution in [0.5, 0.6) is 0 Å². The molecule has 0 saturated heterocycles. The smallest absolute Gasteiger partial charge is 0.264 e. The monoisotopic (exact) mass is 472 g/mol. The quantitative estimate of drug-likeness (QED) is 0.554.